The number of halogens is 1. The molecule has 2 heterocycles. The molecule has 1 aromatic heterocycles. The van der Waals surface area contributed by atoms with Crippen LogP contribution in [0.25, 0.3) is 0 Å². The van der Waals surface area contributed by atoms with Crippen LogP contribution in [0.2, 0.25) is 5.02 Å². The van der Waals surface area contributed by atoms with Gasteiger partial charge in [-0.1, -0.05) is 18.0 Å². The number of carbonyl (C=O) groups excluding carboxylic acids is 1. The average molecular weight is 397 g/mol. The van der Waals surface area contributed by atoms with Crippen molar-refractivity contribution in [3.8, 4) is 0 Å². The number of benzene rings is 1. The molecule has 26 heavy (non-hydrogen) atoms. The molecule has 1 amide bonds. The summed E-state index contributed by atoms with van der Waals surface area (Å²) in [4.78, 5) is 12.5. The standard InChI is InChI=1S/C18H21ClN2O4S/c1-13(16-6-5-11-25-16)20-18(22)14-7-8-15(19)17(12-14)26(23,24)21-9-3-2-4-10-21/h5-8,11-13H,2-4,9-10H2,1H3,(H,20,22)/t13-/m0/s1. The molecule has 140 valence electrons. The summed E-state index contributed by atoms with van der Waals surface area (Å²) in [7, 11) is -3.72. The third-order valence-corrected chi connectivity index (χ3v) is 6.82. The Morgan fingerprint density at radius 3 is 2.62 bits per heavy atom. The molecule has 2 aromatic rings. The van der Waals surface area contributed by atoms with Crippen molar-refractivity contribution in [1.82, 2.24) is 9.62 Å². The average Bonchev–Trinajstić information content (AvgIpc) is 3.17. The number of furan rings is 1. The van der Waals surface area contributed by atoms with E-state index in [4.69, 9.17) is 16.0 Å². The van der Waals surface area contributed by atoms with Crippen molar-refractivity contribution in [3.05, 3.63) is 52.9 Å². The predicted molar refractivity (Wildman–Crippen MR) is 98.7 cm³/mol. The molecule has 0 bridgehead atoms. The van der Waals surface area contributed by atoms with Crippen LogP contribution in [-0.4, -0.2) is 31.7 Å². The minimum absolute atomic E-state index is 0.0284. The monoisotopic (exact) mass is 396 g/mol. The zero-order valence-electron chi connectivity index (χ0n) is 14.4. The van der Waals surface area contributed by atoms with E-state index in [1.807, 2.05) is 0 Å². The number of hydrogen-bond donors (Lipinski definition) is 1. The summed E-state index contributed by atoms with van der Waals surface area (Å²) in [5.74, 6) is 0.231. The van der Waals surface area contributed by atoms with E-state index < -0.39 is 10.0 Å². The van der Waals surface area contributed by atoms with Crippen LogP contribution in [0.15, 0.2) is 45.9 Å². The quantitative estimate of drug-likeness (QED) is 0.837. The maximum Gasteiger partial charge on any atom is 0.251 e. The Morgan fingerprint density at radius 1 is 1.23 bits per heavy atom. The number of nitrogens with zero attached hydrogens (tertiary/aromatic N) is 1. The van der Waals surface area contributed by atoms with Crippen LogP contribution in [0, 0.1) is 0 Å². The highest BCUT2D eigenvalue weighted by Crippen LogP contribution is 2.28. The van der Waals surface area contributed by atoms with Crippen LogP contribution < -0.4 is 5.32 Å². The second kappa shape index (κ2) is 7.82. The lowest BCUT2D eigenvalue weighted by Crippen LogP contribution is -2.36. The van der Waals surface area contributed by atoms with Gasteiger partial charge >= 0.3 is 0 Å². The van der Waals surface area contributed by atoms with Gasteiger partial charge in [0.15, 0.2) is 0 Å². The van der Waals surface area contributed by atoms with E-state index in [0.717, 1.165) is 19.3 Å². The maximum atomic E-state index is 12.9. The van der Waals surface area contributed by atoms with Crippen molar-refractivity contribution in [2.24, 2.45) is 0 Å². The normalized spacial score (nSPS) is 17.0. The SMILES string of the molecule is C[C@H](NC(=O)c1ccc(Cl)c(S(=O)(=O)N2CCCCC2)c1)c1ccco1. The van der Waals surface area contributed by atoms with E-state index in [2.05, 4.69) is 5.32 Å². The van der Waals surface area contributed by atoms with E-state index in [-0.39, 0.29) is 27.4 Å². The Bertz CT molecular complexity index is 875. The van der Waals surface area contributed by atoms with E-state index in [1.54, 1.807) is 19.1 Å². The summed E-state index contributed by atoms with van der Waals surface area (Å²) in [6, 6.07) is 7.47. The molecule has 1 fully saturated rings. The molecular formula is C18H21ClN2O4S. The molecule has 1 aliphatic heterocycles. The third kappa shape index (κ3) is 3.95. The summed E-state index contributed by atoms with van der Waals surface area (Å²) < 4.78 is 32.5. The van der Waals surface area contributed by atoms with E-state index in [1.165, 1.54) is 28.8 Å². The van der Waals surface area contributed by atoms with Crippen molar-refractivity contribution in [2.45, 2.75) is 37.1 Å². The summed E-state index contributed by atoms with van der Waals surface area (Å²) >= 11 is 6.14. The molecule has 6 nitrogen and oxygen atoms in total. The van der Waals surface area contributed by atoms with Crippen LogP contribution in [0.4, 0.5) is 0 Å². The highest BCUT2D eigenvalue weighted by atomic mass is 35.5. The van der Waals surface area contributed by atoms with E-state index >= 15 is 0 Å². The van der Waals surface area contributed by atoms with Gasteiger partial charge in [0.2, 0.25) is 10.0 Å². The van der Waals surface area contributed by atoms with Crippen molar-refractivity contribution in [2.75, 3.05) is 13.1 Å². The van der Waals surface area contributed by atoms with Crippen molar-refractivity contribution in [3.63, 3.8) is 0 Å². The molecule has 0 unspecified atom stereocenters. The van der Waals surface area contributed by atoms with Gasteiger partial charge in [0, 0.05) is 18.7 Å². The fraction of sp³-hybridized carbons (Fsp3) is 0.389. The summed E-state index contributed by atoms with van der Waals surface area (Å²) in [5, 5.41) is 2.91. The fourth-order valence-corrected chi connectivity index (χ4v) is 4.99. The highest BCUT2D eigenvalue weighted by Gasteiger charge is 2.29. The molecule has 3 rings (SSSR count). The van der Waals surface area contributed by atoms with Gasteiger partial charge in [-0.05, 0) is 50.1 Å². The Hall–Kier alpha value is -1.83. The van der Waals surface area contributed by atoms with Gasteiger partial charge in [-0.15, -0.1) is 0 Å². The van der Waals surface area contributed by atoms with E-state index in [0.29, 0.717) is 18.8 Å². The first kappa shape index (κ1) is 18.9. The third-order valence-electron chi connectivity index (χ3n) is 4.44. The molecule has 8 heteroatoms. The summed E-state index contributed by atoms with van der Waals surface area (Å²) in [5.41, 5.74) is 0.239. The first-order valence-electron chi connectivity index (χ1n) is 8.53. The molecular weight excluding hydrogens is 376 g/mol. The molecule has 1 atom stereocenters. The van der Waals surface area contributed by atoms with Crippen LogP contribution in [0.1, 0.15) is 48.3 Å². The number of nitrogens with one attached hydrogen (secondary N) is 1. The Kier molecular flexibility index (Phi) is 5.70. The van der Waals surface area contributed by atoms with Crippen LogP contribution in [0.5, 0.6) is 0 Å². The number of sulfonamides is 1. The van der Waals surface area contributed by atoms with Gasteiger partial charge in [0.25, 0.3) is 5.91 Å². The van der Waals surface area contributed by atoms with Crippen molar-refractivity contribution < 1.29 is 17.6 Å². The molecule has 0 radical (unpaired) electrons. The van der Waals surface area contributed by atoms with Gasteiger partial charge in [-0.3, -0.25) is 4.79 Å². The maximum absolute atomic E-state index is 12.9. The smallest absolute Gasteiger partial charge is 0.251 e. The second-order valence-corrected chi connectivity index (χ2v) is 8.63. The molecule has 1 N–H and O–H groups in total. The Morgan fingerprint density at radius 2 is 1.96 bits per heavy atom. The Balaban J connectivity index is 1.84. The largest absolute Gasteiger partial charge is 0.467 e. The molecule has 1 aromatic carbocycles. The van der Waals surface area contributed by atoms with Crippen LogP contribution >= 0.6 is 11.6 Å². The zero-order chi connectivity index (χ0) is 18.7. The Labute approximate surface area is 158 Å². The zero-order valence-corrected chi connectivity index (χ0v) is 16.0. The molecule has 0 spiro atoms. The summed E-state index contributed by atoms with van der Waals surface area (Å²) in [6.45, 7) is 2.74. The number of piperidine rings is 1. The molecule has 0 aliphatic carbocycles. The van der Waals surface area contributed by atoms with Gasteiger partial charge in [0.05, 0.1) is 17.3 Å². The fourth-order valence-electron chi connectivity index (χ4n) is 2.98. The first-order chi connectivity index (χ1) is 12.4. The van der Waals surface area contributed by atoms with Gasteiger partial charge in [0.1, 0.15) is 10.7 Å². The van der Waals surface area contributed by atoms with Crippen molar-refractivity contribution in [1.29, 1.82) is 0 Å². The number of rotatable bonds is 5. The van der Waals surface area contributed by atoms with E-state index in [9.17, 15) is 13.2 Å². The highest BCUT2D eigenvalue weighted by molar-refractivity contribution is 7.89. The van der Waals surface area contributed by atoms with Crippen LogP contribution in [0.3, 0.4) is 0 Å². The van der Waals surface area contributed by atoms with Gasteiger partial charge in [-0.25, -0.2) is 8.42 Å². The lowest BCUT2D eigenvalue weighted by atomic mass is 10.2. The van der Waals surface area contributed by atoms with Crippen LogP contribution in [-0.2, 0) is 10.0 Å². The number of amides is 1. The first-order valence-corrected chi connectivity index (χ1v) is 10.4. The topological polar surface area (TPSA) is 79.6 Å². The lowest BCUT2D eigenvalue weighted by molar-refractivity contribution is 0.0935. The molecule has 1 saturated heterocycles. The second-order valence-electron chi connectivity index (χ2n) is 6.32. The number of carbonyl (C=O) groups is 1. The predicted octanol–water partition coefficient (Wildman–Crippen LogP) is 3.60. The summed E-state index contributed by atoms with van der Waals surface area (Å²) in [6.07, 6.45) is 4.21. The lowest BCUT2D eigenvalue weighted by Gasteiger charge is -2.26. The van der Waals surface area contributed by atoms with Crippen molar-refractivity contribution >= 4 is 27.5 Å². The minimum Gasteiger partial charge on any atom is -0.467 e. The number of hydrogen-bond acceptors (Lipinski definition) is 4. The van der Waals surface area contributed by atoms with Gasteiger partial charge < -0.3 is 9.73 Å². The molecule has 0 saturated carbocycles. The minimum atomic E-state index is -3.72. The molecule has 1 aliphatic rings. The van der Waals surface area contributed by atoms with Gasteiger partial charge in [-0.2, -0.15) is 4.31 Å².